The number of isothiocyanates is 1. The van der Waals surface area contributed by atoms with Gasteiger partial charge in [0.15, 0.2) is 0 Å². The van der Waals surface area contributed by atoms with E-state index in [1.54, 1.807) is 6.92 Å². The number of nitrogens with zero attached hydrogens (tertiary/aromatic N) is 1. The van der Waals surface area contributed by atoms with Crippen LogP contribution in [-0.4, -0.2) is 11.5 Å². The maximum absolute atomic E-state index is 11.8. The van der Waals surface area contributed by atoms with Crippen LogP contribution in [0.1, 0.15) is 5.56 Å². The molecule has 0 atom stereocenters. The number of benzene rings is 1. The van der Waals surface area contributed by atoms with Gasteiger partial charge in [0.1, 0.15) is 5.75 Å². The summed E-state index contributed by atoms with van der Waals surface area (Å²) in [4.78, 5) is 3.67. The highest BCUT2D eigenvalue weighted by Crippen LogP contribution is 2.27. The molecule has 0 aromatic heterocycles. The van der Waals surface area contributed by atoms with Gasteiger partial charge in [-0.15, -0.1) is 13.2 Å². The van der Waals surface area contributed by atoms with Crippen LogP contribution in [0.15, 0.2) is 23.2 Å². The molecule has 15 heavy (non-hydrogen) atoms. The van der Waals surface area contributed by atoms with Crippen LogP contribution in [0.4, 0.5) is 18.9 Å². The monoisotopic (exact) mass is 233 g/mol. The summed E-state index contributed by atoms with van der Waals surface area (Å²) in [5.74, 6) is -0.275. The van der Waals surface area contributed by atoms with E-state index in [1.807, 2.05) is 0 Å². The number of alkyl halides is 3. The molecule has 2 nitrogen and oxygen atoms in total. The summed E-state index contributed by atoms with van der Waals surface area (Å²) in [5, 5.41) is 2.14. The summed E-state index contributed by atoms with van der Waals surface area (Å²) in [7, 11) is 0. The Morgan fingerprint density at radius 1 is 1.40 bits per heavy atom. The number of rotatable bonds is 2. The third-order valence-corrected chi connectivity index (χ3v) is 1.66. The van der Waals surface area contributed by atoms with E-state index in [1.165, 1.54) is 18.2 Å². The quantitative estimate of drug-likeness (QED) is 0.574. The van der Waals surface area contributed by atoms with Crippen molar-refractivity contribution >= 4 is 23.1 Å². The molecule has 0 heterocycles. The van der Waals surface area contributed by atoms with E-state index in [9.17, 15) is 13.2 Å². The van der Waals surface area contributed by atoms with Crippen LogP contribution in [0.5, 0.6) is 5.75 Å². The molecule has 0 aliphatic heterocycles. The highest BCUT2D eigenvalue weighted by atomic mass is 32.1. The van der Waals surface area contributed by atoms with Crippen molar-refractivity contribution < 1.29 is 17.9 Å². The first kappa shape index (κ1) is 11.7. The highest BCUT2D eigenvalue weighted by molar-refractivity contribution is 7.78. The van der Waals surface area contributed by atoms with Crippen molar-refractivity contribution in [3.8, 4) is 5.75 Å². The Morgan fingerprint density at radius 3 is 2.53 bits per heavy atom. The molecule has 80 valence electrons. The third-order valence-electron chi connectivity index (χ3n) is 1.57. The molecule has 1 aromatic rings. The molecular formula is C9H6F3NOS. The summed E-state index contributed by atoms with van der Waals surface area (Å²) in [6.45, 7) is 1.61. The smallest absolute Gasteiger partial charge is 0.406 e. The highest BCUT2D eigenvalue weighted by Gasteiger charge is 2.31. The van der Waals surface area contributed by atoms with Gasteiger partial charge < -0.3 is 4.74 Å². The number of ether oxygens (including phenoxy) is 1. The molecule has 6 heteroatoms. The Bertz CT molecular complexity index is 410. The largest absolute Gasteiger partial charge is 0.573 e. The van der Waals surface area contributed by atoms with Crippen LogP contribution >= 0.6 is 12.2 Å². The molecule has 0 amide bonds. The number of aryl methyl sites for hydroxylation is 1. The lowest BCUT2D eigenvalue weighted by Gasteiger charge is -2.09. The fourth-order valence-electron chi connectivity index (χ4n) is 1.000. The van der Waals surface area contributed by atoms with Gasteiger partial charge in [-0.2, -0.15) is 4.99 Å². The van der Waals surface area contributed by atoms with Gasteiger partial charge in [-0.05, 0) is 42.9 Å². The summed E-state index contributed by atoms with van der Waals surface area (Å²) < 4.78 is 39.3. The molecule has 1 aromatic carbocycles. The second-order valence-corrected chi connectivity index (χ2v) is 2.88. The number of hydrogen-bond donors (Lipinski definition) is 0. The van der Waals surface area contributed by atoms with E-state index in [4.69, 9.17) is 0 Å². The third kappa shape index (κ3) is 3.69. The number of halogens is 3. The van der Waals surface area contributed by atoms with E-state index in [0.717, 1.165) is 0 Å². The number of hydrogen-bond acceptors (Lipinski definition) is 3. The van der Waals surface area contributed by atoms with Gasteiger partial charge in [-0.1, -0.05) is 0 Å². The number of aliphatic imine (C=N–C) groups is 1. The Morgan fingerprint density at radius 2 is 2.07 bits per heavy atom. The predicted octanol–water partition coefficient (Wildman–Crippen LogP) is 3.63. The molecule has 0 saturated carbocycles. The van der Waals surface area contributed by atoms with Gasteiger partial charge in [0.05, 0.1) is 10.8 Å². The van der Waals surface area contributed by atoms with Crippen LogP contribution in [0.2, 0.25) is 0 Å². The summed E-state index contributed by atoms with van der Waals surface area (Å²) in [6.07, 6.45) is -4.68. The normalized spacial score (nSPS) is 10.7. The maximum atomic E-state index is 11.8. The van der Waals surface area contributed by atoms with E-state index >= 15 is 0 Å². The summed E-state index contributed by atoms with van der Waals surface area (Å²) in [6, 6.07) is 3.79. The fourth-order valence-corrected chi connectivity index (χ4v) is 1.10. The Labute approximate surface area is 89.4 Å². The van der Waals surface area contributed by atoms with Gasteiger partial charge in [-0.3, -0.25) is 0 Å². The first-order valence-corrected chi connectivity index (χ1v) is 4.27. The van der Waals surface area contributed by atoms with Crippen molar-refractivity contribution in [2.45, 2.75) is 13.3 Å². The fraction of sp³-hybridized carbons (Fsp3) is 0.222. The Balaban J connectivity index is 2.96. The second-order valence-electron chi connectivity index (χ2n) is 2.70. The first-order chi connectivity index (χ1) is 6.92. The van der Waals surface area contributed by atoms with Crippen LogP contribution in [0.3, 0.4) is 0 Å². The molecule has 1 rings (SSSR count). The molecule has 0 aliphatic rings. The van der Waals surface area contributed by atoms with E-state index in [2.05, 4.69) is 27.1 Å². The second kappa shape index (κ2) is 4.42. The molecule has 0 spiro atoms. The van der Waals surface area contributed by atoms with Crippen molar-refractivity contribution in [2.24, 2.45) is 4.99 Å². The summed E-state index contributed by atoms with van der Waals surface area (Å²) >= 11 is 4.39. The van der Waals surface area contributed by atoms with Crippen LogP contribution < -0.4 is 4.74 Å². The van der Waals surface area contributed by atoms with Crippen LogP contribution in [-0.2, 0) is 0 Å². The SMILES string of the molecule is Cc1cc(OC(F)(F)F)ccc1N=C=S. The number of thiocarbonyl (C=S) groups is 1. The van der Waals surface area contributed by atoms with E-state index in [-0.39, 0.29) is 5.75 Å². The minimum Gasteiger partial charge on any atom is -0.406 e. The molecule has 0 saturated heterocycles. The molecule has 0 bridgehead atoms. The lowest BCUT2D eigenvalue weighted by molar-refractivity contribution is -0.274. The maximum Gasteiger partial charge on any atom is 0.573 e. The lowest BCUT2D eigenvalue weighted by Crippen LogP contribution is -2.17. The van der Waals surface area contributed by atoms with Gasteiger partial charge in [0.25, 0.3) is 0 Å². The average molecular weight is 233 g/mol. The van der Waals surface area contributed by atoms with Crippen molar-refractivity contribution in [3.05, 3.63) is 23.8 Å². The Kier molecular flexibility index (Phi) is 3.44. The summed E-state index contributed by atoms with van der Waals surface area (Å²) in [5.41, 5.74) is 1.01. The molecule has 0 fully saturated rings. The van der Waals surface area contributed by atoms with Crippen LogP contribution in [0.25, 0.3) is 0 Å². The molecule has 0 unspecified atom stereocenters. The van der Waals surface area contributed by atoms with E-state index in [0.29, 0.717) is 11.3 Å². The zero-order valence-electron chi connectivity index (χ0n) is 7.63. The average Bonchev–Trinajstić information content (AvgIpc) is 2.07. The van der Waals surface area contributed by atoms with Crippen molar-refractivity contribution in [3.63, 3.8) is 0 Å². The van der Waals surface area contributed by atoms with E-state index < -0.39 is 6.36 Å². The zero-order chi connectivity index (χ0) is 11.5. The first-order valence-electron chi connectivity index (χ1n) is 3.86. The lowest BCUT2D eigenvalue weighted by atomic mass is 10.2. The molecular weight excluding hydrogens is 227 g/mol. The minimum absolute atomic E-state index is 0.275. The molecule has 0 aliphatic carbocycles. The van der Waals surface area contributed by atoms with Gasteiger partial charge in [0.2, 0.25) is 0 Å². The van der Waals surface area contributed by atoms with Crippen molar-refractivity contribution in [2.75, 3.05) is 0 Å². The predicted molar refractivity (Wildman–Crippen MR) is 52.5 cm³/mol. The van der Waals surface area contributed by atoms with Gasteiger partial charge >= 0.3 is 6.36 Å². The Hall–Kier alpha value is -1.39. The topological polar surface area (TPSA) is 21.6 Å². The minimum atomic E-state index is -4.68. The standard InChI is InChI=1S/C9H6F3NOS/c1-6-4-7(14-9(10,11)12)2-3-8(6)13-5-15/h2-4H,1H3. The van der Waals surface area contributed by atoms with Gasteiger partial charge in [-0.25, -0.2) is 0 Å². The van der Waals surface area contributed by atoms with Gasteiger partial charge in [0, 0.05) is 0 Å². The van der Waals surface area contributed by atoms with Crippen LogP contribution in [0, 0.1) is 6.92 Å². The van der Waals surface area contributed by atoms with Crippen molar-refractivity contribution in [1.82, 2.24) is 0 Å². The molecule has 0 radical (unpaired) electrons. The zero-order valence-corrected chi connectivity index (χ0v) is 8.45. The van der Waals surface area contributed by atoms with Crippen molar-refractivity contribution in [1.29, 1.82) is 0 Å². The molecule has 0 N–H and O–H groups in total.